The Bertz CT molecular complexity index is 570. The van der Waals surface area contributed by atoms with Crippen molar-refractivity contribution in [1.29, 1.82) is 0 Å². The first-order valence-corrected chi connectivity index (χ1v) is 6.27. The fourth-order valence-electron chi connectivity index (χ4n) is 2.22. The number of hydrogen-bond acceptors (Lipinski definition) is 1. The predicted molar refractivity (Wildman–Crippen MR) is 71.2 cm³/mol. The second-order valence-electron chi connectivity index (χ2n) is 4.78. The number of rotatable bonds is 4. The lowest BCUT2D eigenvalue weighted by Crippen LogP contribution is -2.37. The molecule has 0 aliphatic rings. The van der Waals surface area contributed by atoms with Crippen LogP contribution in [0.25, 0.3) is 0 Å². The Kier molecular flexibility index (Phi) is 4.05. The second kappa shape index (κ2) is 5.74. The third-order valence-corrected chi connectivity index (χ3v) is 3.17. The van der Waals surface area contributed by atoms with Gasteiger partial charge in [0.2, 0.25) is 12.3 Å². The molecule has 19 heavy (non-hydrogen) atoms. The van der Waals surface area contributed by atoms with Gasteiger partial charge in [-0.15, -0.1) is 0 Å². The lowest BCUT2D eigenvalue weighted by Gasteiger charge is -2.08. The summed E-state index contributed by atoms with van der Waals surface area (Å²) in [6.07, 6.45) is 4.07. The fourth-order valence-corrected chi connectivity index (χ4v) is 2.22. The third-order valence-electron chi connectivity index (χ3n) is 3.17. The lowest BCUT2D eigenvalue weighted by atomic mass is 9.98. The average molecular weight is 258 g/mol. The highest BCUT2D eigenvalue weighted by molar-refractivity contribution is 5.80. The molecule has 0 saturated carbocycles. The molecule has 2 nitrogen and oxygen atoms in total. The van der Waals surface area contributed by atoms with Gasteiger partial charge >= 0.3 is 0 Å². The minimum absolute atomic E-state index is 0.119. The van der Waals surface area contributed by atoms with Gasteiger partial charge in [-0.05, 0) is 42.7 Å². The van der Waals surface area contributed by atoms with Crippen LogP contribution in [0, 0.1) is 19.7 Å². The van der Waals surface area contributed by atoms with Crippen molar-refractivity contribution in [2.24, 2.45) is 0 Å². The Morgan fingerprint density at radius 1 is 1.11 bits per heavy atom. The number of pyridine rings is 1. The van der Waals surface area contributed by atoms with E-state index in [1.54, 1.807) is 0 Å². The summed E-state index contributed by atoms with van der Waals surface area (Å²) in [5.74, 6) is -0.127. The summed E-state index contributed by atoms with van der Waals surface area (Å²) in [4.78, 5) is 12.1. The standard InChI is InChI=1S/C16H17FNO/c1-12-8-14(17)9-13(2)16(12)10-15(19)11-18-6-4-3-5-7-18/h3-9H,10-11H2,1-2H3/q+1. The number of nitrogens with zero attached hydrogens (tertiary/aromatic N) is 1. The number of carbonyl (C=O) groups excluding carboxylic acids is 1. The predicted octanol–water partition coefficient (Wildman–Crippen LogP) is 2.54. The van der Waals surface area contributed by atoms with Gasteiger partial charge in [0.15, 0.2) is 12.4 Å². The summed E-state index contributed by atoms with van der Waals surface area (Å²) >= 11 is 0. The molecule has 2 aromatic rings. The third kappa shape index (κ3) is 3.47. The maximum Gasteiger partial charge on any atom is 0.206 e. The van der Waals surface area contributed by atoms with Gasteiger partial charge in [-0.25, -0.2) is 4.39 Å². The molecule has 0 bridgehead atoms. The zero-order valence-corrected chi connectivity index (χ0v) is 11.2. The molecule has 1 heterocycles. The van der Waals surface area contributed by atoms with Crippen LogP contribution in [0.1, 0.15) is 16.7 Å². The SMILES string of the molecule is Cc1cc(F)cc(C)c1CC(=O)C[n+]1ccccc1. The highest BCUT2D eigenvalue weighted by Gasteiger charge is 2.13. The van der Waals surface area contributed by atoms with Crippen LogP contribution in [0.5, 0.6) is 0 Å². The number of ketones is 1. The molecule has 1 aromatic carbocycles. The smallest absolute Gasteiger partial charge is 0.206 e. The van der Waals surface area contributed by atoms with Gasteiger partial charge in [-0.2, -0.15) is 4.57 Å². The molecule has 0 atom stereocenters. The minimum Gasteiger partial charge on any atom is -0.292 e. The van der Waals surface area contributed by atoms with Crippen LogP contribution in [0.15, 0.2) is 42.7 Å². The maximum absolute atomic E-state index is 13.2. The summed E-state index contributed by atoms with van der Waals surface area (Å²) in [6.45, 7) is 4.03. The molecule has 98 valence electrons. The average Bonchev–Trinajstić information content (AvgIpc) is 2.35. The highest BCUT2D eigenvalue weighted by Crippen LogP contribution is 2.16. The largest absolute Gasteiger partial charge is 0.292 e. The van der Waals surface area contributed by atoms with Crippen molar-refractivity contribution in [3.05, 3.63) is 65.2 Å². The first kappa shape index (κ1) is 13.4. The molecule has 1 aromatic heterocycles. The van der Waals surface area contributed by atoms with Crippen molar-refractivity contribution in [2.75, 3.05) is 0 Å². The van der Waals surface area contributed by atoms with E-state index in [2.05, 4.69) is 0 Å². The van der Waals surface area contributed by atoms with Gasteiger partial charge in [-0.3, -0.25) is 4.79 Å². The molecule has 0 aliphatic heterocycles. The van der Waals surface area contributed by atoms with Crippen molar-refractivity contribution in [3.63, 3.8) is 0 Å². The molecule has 0 aliphatic carbocycles. The van der Waals surface area contributed by atoms with Crippen molar-refractivity contribution in [3.8, 4) is 0 Å². The van der Waals surface area contributed by atoms with Crippen LogP contribution in [0.2, 0.25) is 0 Å². The maximum atomic E-state index is 13.2. The molecule has 2 rings (SSSR count). The van der Waals surface area contributed by atoms with E-state index in [9.17, 15) is 9.18 Å². The van der Waals surface area contributed by atoms with Crippen LogP contribution in [0.4, 0.5) is 4.39 Å². The van der Waals surface area contributed by atoms with Crippen LogP contribution in [-0.4, -0.2) is 5.78 Å². The summed E-state index contributed by atoms with van der Waals surface area (Å²) in [5, 5.41) is 0. The molecule has 0 amide bonds. The Labute approximate surface area is 112 Å². The van der Waals surface area contributed by atoms with Crippen molar-refractivity contribution < 1.29 is 13.8 Å². The van der Waals surface area contributed by atoms with Crippen LogP contribution < -0.4 is 4.57 Å². The molecule has 0 fully saturated rings. The van der Waals surface area contributed by atoms with Crippen LogP contribution >= 0.6 is 0 Å². The second-order valence-corrected chi connectivity index (χ2v) is 4.78. The van der Waals surface area contributed by atoms with Gasteiger partial charge in [0.25, 0.3) is 0 Å². The van der Waals surface area contributed by atoms with Gasteiger partial charge < -0.3 is 0 Å². The molecular weight excluding hydrogens is 241 g/mol. The number of Topliss-reactive ketones (excluding diaryl/α,β-unsaturated/α-hetero) is 1. The number of benzene rings is 1. The molecule has 0 radical (unpaired) electrons. The topological polar surface area (TPSA) is 20.9 Å². The summed E-state index contributed by atoms with van der Waals surface area (Å²) in [7, 11) is 0. The van der Waals surface area contributed by atoms with Gasteiger partial charge in [0.1, 0.15) is 5.82 Å². The summed E-state index contributed by atoms with van der Waals surface area (Å²) in [6, 6.07) is 8.65. The number of aryl methyl sites for hydroxylation is 2. The van der Waals surface area contributed by atoms with Crippen molar-refractivity contribution in [2.45, 2.75) is 26.8 Å². The van der Waals surface area contributed by atoms with Crippen molar-refractivity contribution in [1.82, 2.24) is 0 Å². The Balaban J connectivity index is 2.12. The Hall–Kier alpha value is -2.03. The quantitative estimate of drug-likeness (QED) is 0.772. The van der Waals surface area contributed by atoms with Gasteiger partial charge in [0, 0.05) is 18.6 Å². The highest BCUT2D eigenvalue weighted by atomic mass is 19.1. The van der Waals surface area contributed by atoms with E-state index in [-0.39, 0.29) is 11.6 Å². The lowest BCUT2D eigenvalue weighted by molar-refractivity contribution is -0.684. The van der Waals surface area contributed by atoms with E-state index >= 15 is 0 Å². The van der Waals surface area contributed by atoms with Crippen molar-refractivity contribution >= 4 is 5.78 Å². The van der Waals surface area contributed by atoms with Crippen LogP contribution in [-0.2, 0) is 17.8 Å². The van der Waals surface area contributed by atoms with E-state index in [1.807, 2.05) is 49.0 Å². The molecule has 0 saturated heterocycles. The number of halogens is 1. The zero-order valence-electron chi connectivity index (χ0n) is 11.2. The van der Waals surface area contributed by atoms with Crippen LogP contribution in [0.3, 0.4) is 0 Å². The van der Waals surface area contributed by atoms with Gasteiger partial charge in [0.05, 0.1) is 0 Å². The molecular formula is C16H17FNO+. The van der Waals surface area contributed by atoms with E-state index in [4.69, 9.17) is 0 Å². The molecule has 0 unspecified atom stereocenters. The first-order chi connectivity index (χ1) is 9.06. The normalized spacial score (nSPS) is 10.5. The molecule has 0 N–H and O–H groups in total. The molecule has 0 spiro atoms. The summed E-state index contributed by atoms with van der Waals surface area (Å²) < 4.78 is 15.0. The molecule has 3 heteroatoms. The van der Waals surface area contributed by atoms with E-state index in [1.165, 1.54) is 12.1 Å². The fraction of sp³-hybridized carbons (Fsp3) is 0.250. The monoisotopic (exact) mass is 258 g/mol. The number of hydrogen-bond donors (Lipinski definition) is 0. The Morgan fingerprint density at radius 3 is 2.26 bits per heavy atom. The Morgan fingerprint density at radius 2 is 1.68 bits per heavy atom. The number of carbonyl (C=O) groups is 1. The van der Waals surface area contributed by atoms with Gasteiger partial charge in [-0.1, -0.05) is 6.07 Å². The summed E-state index contributed by atoms with van der Waals surface area (Å²) in [5.41, 5.74) is 2.61. The van der Waals surface area contributed by atoms with E-state index in [0.717, 1.165) is 16.7 Å². The first-order valence-electron chi connectivity index (χ1n) is 6.27. The number of aromatic nitrogens is 1. The van der Waals surface area contributed by atoms with E-state index < -0.39 is 0 Å². The minimum atomic E-state index is -0.247. The zero-order chi connectivity index (χ0) is 13.8. The van der Waals surface area contributed by atoms with E-state index in [0.29, 0.717) is 13.0 Å².